The lowest BCUT2D eigenvalue weighted by molar-refractivity contribution is -0.137. The average Bonchev–Trinajstić information content (AvgIpc) is 3.12. The van der Waals surface area contributed by atoms with Crippen LogP contribution in [0.25, 0.3) is 16.9 Å². The molecule has 0 spiro atoms. The Labute approximate surface area is 195 Å². The predicted molar refractivity (Wildman–Crippen MR) is 122 cm³/mol. The molecule has 168 valence electrons. The van der Waals surface area contributed by atoms with Crippen LogP contribution in [-0.4, -0.2) is 32.8 Å². The summed E-state index contributed by atoms with van der Waals surface area (Å²) in [6, 6.07) is 11.6. The van der Waals surface area contributed by atoms with E-state index in [9.17, 15) is 19.1 Å². The first-order valence-corrected chi connectivity index (χ1v) is 10.7. The summed E-state index contributed by atoms with van der Waals surface area (Å²) in [5.41, 5.74) is 1.46. The first kappa shape index (κ1) is 23.8. The molecule has 3 rings (SSSR count). The number of aliphatic carboxylic acids is 1. The maximum absolute atomic E-state index is 13.5. The lowest BCUT2D eigenvalue weighted by Gasteiger charge is -2.18. The molecule has 0 aliphatic heterocycles. The number of nitrogens with one attached hydrogen (secondary N) is 1. The van der Waals surface area contributed by atoms with E-state index in [2.05, 4.69) is 10.4 Å². The minimum absolute atomic E-state index is 0.0551. The Morgan fingerprint density at radius 3 is 2.31 bits per heavy atom. The lowest BCUT2D eigenvalue weighted by Crippen LogP contribution is -2.37. The Morgan fingerprint density at radius 2 is 1.75 bits per heavy atom. The van der Waals surface area contributed by atoms with Crippen molar-refractivity contribution in [2.45, 2.75) is 32.7 Å². The summed E-state index contributed by atoms with van der Waals surface area (Å²) < 4.78 is 14.9. The molecule has 0 fully saturated rings. The highest BCUT2D eigenvalue weighted by molar-refractivity contribution is 6.39. The van der Waals surface area contributed by atoms with Crippen molar-refractivity contribution in [1.29, 1.82) is 0 Å². The van der Waals surface area contributed by atoms with Gasteiger partial charge in [0.2, 0.25) is 0 Å². The van der Waals surface area contributed by atoms with Gasteiger partial charge in [-0.2, -0.15) is 5.10 Å². The molecule has 2 aromatic carbocycles. The van der Waals surface area contributed by atoms with Crippen molar-refractivity contribution in [2.75, 3.05) is 0 Å². The molecule has 0 saturated carbocycles. The summed E-state index contributed by atoms with van der Waals surface area (Å²) in [5, 5.41) is 17.0. The van der Waals surface area contributed by atoms with Gasteiger partial charge >= 0.3 is 5.97 Å². The molecule has 0 radical (unpaired) electrons. The van der Waals surface area contributed by atoms with Crippen LogP contribution in [0.4, 0.5) is 4.39 Å². The maximum atomic E-state index is 13.5. The molecule has 0 saturated heterocycles. The number of nitrogens with zero attached hydrogens (tertiary/aromatic N) is 2. The summed E-state index contributed by atoms with van der Waals surface area (Å²) in [6.45, 7) is 3.89. The zero-order valence-electron chi connectivity index (χ0n) is 17.5. The topological polar surface area (TPSA) is 84.2 Å². The number of amides is 1. The summed E-state index contributed by atoms with van der Waals surface area (Å²) in [6.07, 6.45) is 0.297. The van der Waals surface area contributed by atoms with Gasteiger partial charge in [-0.3, -0.25) is 9.59 Å². The van der Waals surface area contributed by atoms with Crippen molar-refractivity contribution in [2.24, 2.45) is 5.92 Å². The highest BCUT2D eigenvalue weighted by Gasteiger charge is 2.23. The van der Waals surface area contributed by atoms with Crippen LogP contribution in [0.2, 0.25) is 10.0 Å². The van der Waals surface area contributed by atoms with E-state index in [-0.39, 0.29) is 18.0 Å². The molecule has 1 heterocycles. The first-order chi connectivity index (χ1) is 15.2. The number of carboxylic acids is 1. The van der Waals surface area contributed by atoms with Crippen molar-refractivity contribution < 1.29 is 19.1 Å². The van der Waals surface area contributed by atoms with E-state index in [1.807, 2.05) is 13.8 Å². The normalized spacial score (nSPS) is 12.1. The second-order valence-corrected chi connectivity index (χ2v) is 8.61. The van der Waals surface area contributed by atoms with E-state index in [0.717, 1.165) is 0 Å². The molecule has 1 amide bonds. The van der Waals surface area contributed by atoms with E-state index in [4.69, 9.17) is 23.2 Å². The number of hydrogen-bond acceptors (Lipinski definition) is 3. The van der Waals surface area contributed by atoms with Crippen LogP contribution in [-0.2, 0) is 4.79 Å². The zero-order chi connectivity index (χ0) is 23.4. The standard InChI is InChI=1S/C23H22Cl2FN3O3/c1-13(2)10-15(11-21(30)31)27-23(32)19-12-20(22-17(24)4-3-5-18(22)25)29(28-19)16-8-6-14(26)7-9-16/h3-9,12-13,15H,10-11H2,1-2H3,(H,27,32)(H,30,31)/t15-/m0/s1. The van der Waals surface area contributed by atoms with Gasteiger partial charge in [-0.15, -0.1) is 0 Å². The molecule has 0 bridgehead atoms. The Kier molecular flexibility index (Phi) is 7.53. The number of benzene rings is 2. The second-order valence-electron chi connectivity index (χ2n) is 7.80. The van der Waals surface area contributed by atoms with Crippen molar-refractivity contribution >= 4 is 35.1 Å². The summed E-state index contributed by atoms with van der Waals surface area (Å²) in [7, 11) is 0. The van der Waals surface area contributed by atoms with Gasteiger partial charge in [-0.25, -0.2) is 9.07 Å². The van der Waals surface area contributed by atoms with Crippen molar-refractivity contribution in [3.05, 3.63) is 70.1 Å². The molecule has 6 nitrogen and oxygen atoms in total. The molecule has 1 aromatic heterocycles. The number of aromatic nitrogens is 2. The highest BCUT2D eigenvalue weighted by Crippen LogP contribution is 2.36. The van der Waals surface area contributed by atoms with Gasteiger partial charge in [0.05, 0.1) is 27.8 Å². The Balaban J connectivity index is 2.05. The van der Waals surface area contributed by atoms with Crippen LogP contribution in [0, 0.1) is 11.7 Å². The largest absolute Gasteiger partial charge is 0.481 e. The molecular formula is C23H22Cl2FN3O3. The number of rotatable bonds is 8. The van der Waals surface area contributed by atoms with E-state index in [1.54, 1.807) is 18.2 Å². The number of hydrogen-bond donors (Lipinski definition) is 2. The highest BCUT2D eigenvalue weighted by atomic mass is 35.5. The second kappa shape index (κ2) is 10.1. The fourth-order valence-electron chi connectivity index (χ4n) is 3.42. The van der Waals surface area contributed by atoms with Crippen LogP contribution in [0.3, 0.4) is 0 Å². The molecular weight excluding hydrogens is 456 g/mol. The fraction of sp³-hybridized carbons (Fsp3) is 0.261. The Morgan fingerprint density at radius 1 is 1.12 bits per heavy atom. The Hall–Kier alpha value is -2.90. The first-order valence-electron chi connectivity index (χ1n) is 9.98. The third kappa shape index (κ3) is 5.66. The van der Waals surface area contributed by atoms with Gasteiger partial charge in [0.15, 0.2) is 5.69 Å². The van der Waals surface area contributed by atoms with E-state index < -0.39 is 23.7 Å². The van der Waals surface area contributed by atoms with E-state index >= 15 is 0 Å². The quantitative estimate of drug-likeness (QED) is 0.441. The number of carboxylic acid groups (broad SMARTS) is 1. The van der Waals surface area contributed by atoms with Crippen LogP contribution >= 0.6 is 23.2 Å². The van der Waals surface area contributed by atoms with Crippen molar-refractivity contribution in [3.63, 3.8) is 0 Å². The third-order valence-corrected chi connectivity index (χ3v) is 5.37. The van der Waals surface area contributed by atoms with Gasteiger partial charge in [0, 0.05) is 11.6 Å². The molecule has 0 aliphatic rings. The maximum Gasteiger partial charge on any atom is 0.305 e. The average molecular weight is 478 g/mol. The molecule has 1 atom stereocenters. The summed E-state index contributed by atoms with van der Waals surface area (Å²) >= 11 is 12.8. The Bertz CT molecular complexity index is 1110. The SMILES string of the molecule is CC(C)C[C@@H](CC(=O)O)NC(=O)c1cc(-c2c(Cl)cccc2Cl)n(-c2ccc(F)cc2)n1. The van der Waals surface area contributed by atoms with E-state index in [1.165, 1.54) is 35.0 Å². The predicted octanol–water partition coefficient (Wildman–Crippen LogP) is 5.60. The summed E-state index contributed by atoms with van der Waals surface area (Å²) in [4.78, 5) is 24.2. The minimum Gasteiger partial charge on any atom is -0.481 e. The molecule has 9 heteroatoms. The van der Waals surface area contributed by atoms with Gasteiger partial charge in [-0.1, -0.05) is 43.1 Å². The summed E-state index contributed by atoms with van der Waals surface area (Å²) in [5.74, 6) is -1.76. The fourth-order valence-corrected chi connectivity index (χ4v) is 4.02. The lowest BCUT2D eigenvalue weighted by atomic mass is 10.0. The monoisotopic (exact) mass is 477 g/mol. The van der Waals surface area contributed by atoms with Gasteiger partial charge in [0.1, 0.15) is 5.82 Å². The molecule has 0 aliphatic carbocycles. The molecule has 32 heavy (non-hydrogen) atoms. The van der Waals surface area contributed by atoms with Gasteiger partial charge < -0.3 is 10.4 Å². The molecule has 3 aromatic rings. The van der Waals surface area contributed by atoms with Crippen LogP contribution < -0.4 is 5.32 Å². The number of carbonyl (C=O) groups is 2. The van der Waals surface area contributed by atoms with Crippen molar-refractivity contribution in [1.82, 2.24) is 15.1 Å². The molecule has 2 N–H and O–H groups in total. The smallest absolute Gasteiger partial charge is 0.305 e. The van der Waals surface area contributed by atoms with E-state index in [0.29, 0.717) is 33.4 Å². The van der Waals surface area contributed by atoms with Gasteiger partial charge in [-0.05, 0) is 54.8 Å². The van der Waals surface area contributed by atoms with Crippen LogP contribution in [0.1, 0.15) is 37.2 Å². The van der Waals surface area contributed by atoms with Crippen LogP contribution in [0.15, 0.2) is 48.5 Å². The number of carbonyl (C=O) groups excluding carboxylic acids is 1. The van der Waals surface area contributed by atoms with Crippen LogP contribution in [0.5, 0.6) is 0 Å². The van der Waals surface area contributed by atoms with Gasteiger partial charge in [0.25, 0.3) is 5.91 Å². The number of halogens is 3. The third-order valence-electron chi connectivity index (χ3n) is 4.74. The zero-order valence-corrected chi connectivity index (χ0v) is 19.0. The minimum atomic E-state index is -1.00. The van der Waals surface area contributed by atoms with Crippen molar-refractivity contribution in [3.8, 4) is 16.9 Å². The molecule has 0 unspecified atom stereocenters.